The second-order valence-electron chi connectivity index (χ2n) is 6.94. The van der Waals surface area contributed by atoms with Crippen LogP contribution in [-0.2, 0) is 4.79 Å². The summed E-state index contributed by atoms with van der Waals surface area (Å²) in [6.45, 7) is 5.57. The van der Waals surface area contributed by atoms with Crippen molar-refractivity contribution in [1.82, 2.24) is 0 Å². The van der Waals surface area contributed by atoms with Crippen LogP contribution >= 0.6 is 0 Å². The summed E-state index contributed by atoms with van der Waals surface area (Å²) in [5, 5.41) is 0.331. The van der Waals surface area contributed by atoms with Crippen molar-refractivity contribution in [2.45, 2.75) is 33.2 Å². The zero-order valence-corrected chi connectivity index (χ0v) is 16.1. The lowest BCUT2D eigenvalue weighted by Crippen LogP contribution is -2.68. The molecule has 0 aliphatic carbocycles. The number of carbonyl (C=O) groups excluding carboxylic acids is 1. The lowest BCUT2D eigenvalue weighted by molar-refractivity contribution is -0.418. The topological polar surface area (TPSA) is 84.1 Å². The monoisotopic (exact) mass is 384 g/mol. The summed E-state index contributed by atoms with van der Waals surface area (Å²) in [6.07, 6.45) is 0.817. The van der Waals surface area contributed by atoms with E-state index < -0.39 is 17.8 Å². The Morgan fingerprint density at radius 2 is 2.00 bits per heavy atom. The molecular weight excluding hydrogens is 361 g/mol. The predicted molar refractivity (Wildman–Crippen MR) is 104 cm³/mol. The number of halogens is 1. The van der Waals surface area contributed by atoms with Crippen LogP contribution in [0.1, 0.15) is 26.0 Å². The zero-order valence-electron chi connectivity index (χ0n) is 16.1. The average Bonchev–Trinajstić information content (AvgIpc) is 2.66. The summed E-state index contributed by atoms with van der Waals surface area (Å²) in [5.41, 5.74) is 4.67. The Morgan fingerprint density at radius 1 is 1.25 bits per heavy atom. The van der Waals surface area contributed by atoms with Gasteiger partial charge in [0.25, 0.3) is 0 Å². The first-order valence-electron chi connectivity index (χ1n) is 9.20. The molecule has 0 radical (unpaired) electrons. The fourth-order valence-electron chi connectivity index (χ4n) is 3.04. The highest BCUT2D eigenvalue weighted by Gasteiger charge is 2.25. The molecule has 3 N–H and O–H groups in total. The van der Waals surface area contributed by atoms with Crippen LogP contribution in [0.5, 0.6) is 5.75 Å². The molecule has 0 saturated carbocycles. The number of aryl methyl sites for hydroxylation is 1. The largest absolute Gasteiger partial charge is 0.460 e. The van der Waals surface area contributed by atoms with Crippen LogP contribution in [0.25, 0.3) is 22.1 Å². The molecule has 0 spiro atoms. The summed E-state index contributed by atoms with van der Waals surface area (Å²) in [4.78, 5) is 25.2. The molecule has 0 fully saturated rings. The van der Waals surface area contributed by atoms with E-state index in [1.54, 1.807) is 31.2 Å². The highest BCUT2D eigenvalue weighted by molar-refractivity contribution is 5.85. The van der Waals surface area contributed by atoms with Crippen molar-refractivity contribution >= 4 is 16.9 Å². The number of rotatable bonds is 5. The molecule has 0 aliphatic heterocycles. The van der Waals surface area contributed by atoms with Gasteiger partial charge >= 0.3 is 5.97 Å². The van der Waals surface area contributed by atoms with Crippen LogP contribution < -0.4 is 15.9 Å². The molecule has 5 nitrogen and oxygen atoms in total. The lowest BCUT2D eigenvalue weighted by Gasteiger charge is -2.14. The number of benzene rings is 2. The molecule has 3 aromatic rings. The van der Waals surface area contributed by atoms with E-state index in [0.29, 0.717) is 27.9 Å². The van der Waals surface area contributed by atoms with Crippen molar-refractivity contribution < 1.29 is 24.1 Å². The number of ether oxygens (including phenoxy) is 1. The molecule has 0 saturated heterocycles. The van der Waals surface area contributed by atoms with E-state index >= 15 is 0 Å². The highest BCUT2D eigenvalue weighted by Crippen LogP contribution is 2.27. The summed E-state index contributed by atoms with van der Waals surface area (Å²) in [5.74, 6) is -0.106. The number of esters is 1. The Kier molecular flexibility index (Phi) is 5.61. The third kappa shape index (κ3) is 3.82. The molecule has 6 heteroatoms. The van der Waals surface area contributed by atoms with Gasteiger partial charge in [0.05, 0.1) is 10.9 Å². The molecule has 2 atom stereocenters. The summed E-state index contributed by atoms with van der Waals surface area (Å²) in [6, 6.07) is 9.95. The molecule has 1 aromatic heterocycles. The van der Waals surface area contributed by atoms with E-state index in [1.807, 2.05) is 13.8 Å². The van der Waals surface area contributed by atoms with Gasteiger partial charge in [-0.3, -0.25) is 4.79 Å². The minimum Gasteiger partial charge on any atom is -0.460 e. The molecule has 1 heterocycles. The van der Waals surface area contributed by atoms with Crippen LogP contribution in [-0.4, -0.2) is 12.0 Å². The van der Waals surface area contributed by atoms with Gasteiger partial charge in [-0.25, -0.2) is 9.18 Å². The van der Waals surface area contributed by atoms with Gasteiger partial charge in [-0.15, -0.1) is 0 Å². The zero-order chi connectivity index (χ0) is 20.4. The van der Waals surface area contributed by atoms with Crippen LogP contribution in [0.3, 0.4) is 0 Å². The smallest absolute Gasteiger partial charge is 0.370 e. The Morgan fingerprint density at radius 3 is 2.68 bits per heavy atom. The Hall–Kier alpha value is -2.99. The Balaban J connectivity index is 1.99. The van der Waals surface area contributed by atoms with Gasteiger partial charge in [0, 0.05) is 12.0 Å². The number of carbonyl (C=O) groups is 1. The molecule has 2 aromatic carbocycles. The molecule has 0 bridgehead atoms. The predicted octanol–water partition coefficient (Wildman–Crippen LogP) is 3.47. The lowest BCUT2D eigenvalue weighted by atomic mass is 10.0. The highest BCUT2D eigenvalue weighted by atomic mass is 19.1. The van der Waals surface area contributed by atoms with Gasteiger partial charge in [0.15, 0.2) is 6.04 Å². The van der Waals surface area contributed by atoms with Gasteiger partial charge in [0.2, 0.25) is 5.43 Å². The minimum atomic E-state index is -0.482. The fraction of sp³-hybridized carbons (Fsp3) is 0.273. The van der Waals surface area contributed by atoms with Gasteiger partial charge in [-0.1, -0.05) is 26.0 Å². The van der Waals surface area contributed by atoms with Crippen LogP contribution in [0.2, 0.25) is 0 Å². The summed E-state index contributed by atoms with van der Waals surface area (Å²) < 4.78 is 24.8. The molecule has 28 heavy (non-hydrogen) atoms. The van der Waals surface area contributed by atoms with Crippen molar-refractivity contribution in [2.75, 3.05) is 0 Å². The van der Waals surface area contributed by atoms with Crippen LogP contribution in [0, 0.1) is 18.7 Å². The van der Waals surface area contributed by atoms with E-state index in [4.69, 9.17) is 9.15 Å². The maximum atomic E-state index is 13.6. The number of hydrogen-bond acceptors (Lipinski definition) is 4. The third-order valence-corrected chi connectivity index (χ3v) is 5.01. The first-order valence-corrected chi connectivity index (χ1v) is 9.20. The van der Waals surface area contributed by atoms with E-state index in [9.17, 15) is 14.0 Å². The summed E-state index contributed by atoms with van der Waals surface area (Å²) >= 11 is 0. The normalized spacial score (nSPS) is 13.3. The number of quaternary nitrogens is 1. The van der Waals surface area contributed by atoms with Crippen molar-refractivity contribution in [2.24, 2.45) is 5.92 Å². The first kappa shape index (κ1) is 19.8. The van der Waals surface area contributed by atoms with Gasteiger partial charge in [-0.05, 0) is 43.2 Å². The van der Waals surface area contributed by atoms with E-state index in [2.05, 4.69) is 5.73 Å². The second kappa shape index (κ2) is 7.94. The summed E-state index contributed by atoms with van der Waals surface area (Å²) in [7, 11) is 0. The Labute approximate surface area is 161 Å². The molecule has 3 rings (SSSR count). The van der Waals surface area contributed by atoms with Crippen LogP contribution in [0.4, 0.5) is 4.39 Å². The van der Waals surface area contributed by atoms with E-state index in [1.165, 1.54) is 18.2 Å². The number of fused-ring (bicyclic) bond motifs is 1. The van der Waals surface area contributed by atoms with Crippen molar-refractivity contribution in [3.8, 4) is 16.9 Å². The maximum absolute atomic E-state index is 13.6. The SMILES string of the molecule is CCC(C)C([NH3+])C(=O)Oc1ccc2c(=O)c(-c3cccc(F)c3)c(C)oc2c1. The third-order valence-electron chi connectivity index (χ3n) is 5.01. The van der Waals surface area contributed by atoms with Crippen LogP contribution in [0.15, 0.2) is 51.7 Å². The van der Waals surface area contributed by atoms with Crippen molar-refractivity contribution in [3.05, 3.63) is 64.3 Å². The minimum absolute atomic E-state index is 0.0990. The quantitative estimate of drug-likeness (QED) is 0.539. The maximum Gasteiger partial charge on any atom is 0.370 e. The molecule has 2 unspecified atom stereocenters. The number of hydrogen-bond donors (Lipinski definition) is 1. The van der Waals surface area contributed by atoms with Crippen molar-refractivity contribution in [1.29, 1.82) is 0 Å². The molecular formula is C22H23FNO4+. The van der Waals surface area contributed by atoms with Gasteiger partial charge in [0.1, 0.15) is 22.9 Å². The van der Waals surface area contributed by atoms with E-state index in [0.717, 1.165) is 6.42 Å². The first-order chi connectivity index (χ1) is 13.3. The van der Waals surface area contributed by atoms with Gasteiger partial charge < -0.3 is 14.9 Å². The van der Waals surface area contributed by atoms with Gasteiger partial charge in [-0.2, -0.15) is 0 Å². The molecule has 146 valence electrons. The second-order valence-corrected chi connectivity index (χ2v) is 6.94. The Bertz CT molecular complexity index is 1090. The molecule has 0 amide bonds. The fourth-order valence-corrected chi connectivity index (χ4v) is 3.04. The molecule has 0 aliphatic rings. The van der Waals surface area contributed by atoms with Crippen molar-refractivity contribution in [3.63, 3.8) is 0 Å². The average molecular weight is 384 g/mol. The van der Waals surface area contributed by atoms with E-state index in [-0.39, 0.29) is 17.1 Å². The standard InChI is InChI=1S/C22H22FNO4/c1-4-12(2)20(24)22(26)28-16-8-9-17-18(11-16)27-13(3)19(21(17)25)14-6-5-7-15(23)10-14/h5-12,20H,4,24H2,1-3H3/p+1.